The lowest BCUT2D eigenvalue weighted by Gasteiger charge is -2.10. The maximum atomic E-state index is 12.2. The Labute approximate surface area is 124 Å². The summed E-state index contributed by atoms with van der Waals surface area (Å²) < 4.78 is 27.0. The molecule has 0 saturated carbocycles. The molecule has 0 aliphatic heterocycles. The third kappa shape index (κ3) is 3.53. The molecule has 0 radical (unpaired) electrons. The fourth-order valence-corrected chi connectivity index (χ4v) is 3.07. The van der Waals surface area contributed by atoms with E-state index >= 15 is 0 Å². The highest BCUT2D eigenvalue weighted by molar-refractivity contribution is 7.89. The van der Waals surface area contributed by atoms with Gasteiger partial charge in [-0.25, -0.2) is 13.1 Å². The van der Waals surface area contributed by atoms with Crippen LogP contribution in [0.25, 0.3) is 0 Å². The average Bonchev–Trinajstić information content (AvgIpc) is 2.48. The highest BCUT2D eigenvalue weighted by Gasteiger charge is 2.15. The summed E-state index contributed by atoms with van der Waals surface area (Å²) in [5, 5.41) is 9.35. The van der Waals surface area contributed by atoms with E-state index < -0.39 is 10.0 Å². The number of hydrogen-bond acceptors (Lipinski definition) is 4. The quantitative estimate of drug-likeness (QED) is 0.582. The van der Waals surface area contributed by atoms with E-state index in [2.05, 4.69) is 4.72 Å². The lowest BCUT2D eigenvalue weighted by Crippen LogP contribution is -2.23. The monoisotopic (exact) mass is 306 g/mol. The number of nitrogen functional groups attached to an aromatic ring is 1. The Morgan fingerprint density at radius 3 is 2.43 bits per heavy atom. The molecule has 112 valence electrons. The molecule has 0 spiro atoms. The van der Waals surface area contributed by atoms with Gasteiger partial charge in [0.05, 0.1) is 10.6 Å². The van der Waals surface area contributed by atoms with Crippen LogP contribution >= 0.6 is 0 Å². The molecule has 0 heterocycles. The van der Waals surface area contributed by atoms with Crippen molar-refractivity contribution in [2.24, 2.45) is 0 Å². The van der Waals surface area contributed by atoms with E-state index in [4.69, 9.17) is 5.73 Å². The third-order valence-electron chi connectivity index (χ3n) is 3.26. The van der Waals surface area contributed by atoms with Gasteiger partial charge >= 0.3 is 0 Å². The zero-order valence-corrected chi connectivity index (χ0v) is 12.5. The number of aromatic hydroxyl groups is 1. The topological polar surface area (TPSA) is 92.4 Å². The third-order valence-corrected chi connectivity index (χ3v) is 4.66. The predicted octanol–water partition coefficient (Wildman–Crippen LogP) is 2.02. The van der Waals surface area contributed by atoms with Crippen LogP contribution in [-0.2, 0) is 23.0 Å². The van der Waals surface area contributed by atoms with E-state index in [9.17, 15) is 13.5 Å². The van der Waals surface area contributed by atoms with E-state index in [1.165, 1.54) is 18.2 Å². The van der Waals surface area contributed by atoms with Crippen LogP contribution in [0.3, 0.4) is 0 Å². The van der Waals surface area contributed by atoms with Gasteiger partial charge in [-0.2, -0.15) is 0 Å². The minimum Gasteiger partial charge on any atom is -0.506 e. The van der Waals surface area contributed by atoms with Gasteiger partial charge in [-0.15, -0.1) is 0 Å². The number of nitrogens with two attached hydrogens (primary N) is 1. The molecule has 6 heteroatoms. The molecule has 0 bridgehead atoms. The van der Waals surface area contributed by atoms with Crippen LogP contribution in [0.4, 0.5) is 5.69 Å². The van der Waals surface area contributed by atoms with Crippen molar-refractivity contribution < 1.29 is 13.5 Å². The van der Waals surface area contributed by atoms with Crippen molar-refractivity contribution in [3.63, 3.8) is 0 Å². The van der Waals surface area contributed by atoms with Crippen molar-refractivity contribution in [3.05, 3.63) is 53.6 Å². The van der Waals surface area contributed by atoms with E-state index in [0.717, 1.165) is 17.5 Å². The molecule has 0 aromatic heterocycles. The minimum absolute atomic E-state index is 0.0341. The summed E-state index contributed by atoms with van der Waals surface area (Å²) >= 11 is 0. The molecular weight excluding hydrogens is 288 g/mol. The van der Waals surface area contributed by atoms with Crippen molar-refractivity contribution in [1.29, 1.82) is 0 Å². The van der Waals surface area contributed by atoms with Gasteiger partial charge in [0.25, 0.3) is 0 Å². The summed E-state index contributed by atoms with van der Waals surface area (Å²) in [5.74, 6) is -0.134. The number of rotatable bonds is 5. The van der Waals surface area contributed by atoms with E-state index in [-0.39, 0.29) is 22.9 Å². The second kappa shape index (κ2) is 6.15. The fourth-order valence-electron chi connectivity index (χ4n) is 2.03. The van der Waals surface area contributed by atoms with Gasteiger partial charge < -0.3 is 10.8 Å². The second-order valence-electron chi connectivity index (χ2n) is 4.67. The summed E-state index contributed by atoms with van der Waals surface area (Å²) in [6.07, 6.45) is 0.837. The van der Waals surface area contributed by atoms with Crippen LogP contribution in [0.5, 0.6) is 5.75 Å². The van der Waals surface area contributed by atoms with Crippen LogP contribution in [0.2, 0.25) is 0 Å². The van der Waals surface area contributed by atoms with Crippen LogP contribution in [-0.4, -0.2) is 13.5 Å². The molecule has 0 unspecified atom stereocenters. The molecule has 2 aromatic carbocycles. The first kappa shape index (κ1) is 15.3. The van der Waals surface area contributed by atoms with E-state index in [1.807, 2.05) is 31.2 Å². The molecule has 0 aliphatic rings. The van der Waals surface area contributed by atoms with Crippen molar-refractivity contribution in [2.45, 2.75) is 24.8 Å². The molecule has 0 saturated heterocycles. The van der Waals surface area contributed by atoms with Gasteiger partial charge in [-0.1, -0.05) is 31.2 Å². The van der Waals surface area contributed by atoms with Gasteiger partial charge in [0, 0.05) is 6.54 Å². The lowest BCUT2D eigenvalue weighted by molar-refractivity contribution is 0.477. The van der Waals surface area contributed by atoms with Crippen molar-refractivity contribution in [2.75, 3.05) is 5.73 Å². The van der Waals surface area contributed by atoms with Crippen LogP contribution in [0.1, 0.15) is 18.1 Å². The van der Waals surface area contributed by atoms with Crippen LogP contribution in [0.15, 0.2) is 47.4 Å². The van der Waals surface area contributed by atoms with E-state index in [0.29, 0.717) is 0 Å². The first-order chi connectivity index (χ1) is 9.94. The Morgan fingerprint density at radius 2 is 1.81 bits per heavy atom. The molecule has 0 amide bonds. The number of phenols is 1. The molecular formula is C15H18N2O3S. The Morgan fingerprint density at radius 1 is 1.14 bits per heavy atom. The number of hydrogen-bond donors (Lipinski definition) is 3. The summed E-state index contributed by atoms with van der Waals surface area (Å²) in [5.41, 5.74) is 7.60. The molecule has 4 N–H and O–H groups in total. The summed E-state index contributed by atoms with van der Waals surface area (Å²) in [6.45, 7) is 2.24. The highest BCUT2D eigenvalue weighted by atomic mass is 32.2. The smallest absolute Gasteiger partial charge is 0.240 e. The van der Waals surface area contributed by atoms with Crippen molar-refractivity contribution in [3.8, 4) is 5.75 Å². The molecule has 0 aliphatic carbocycles. The zero-order chi connectivity index (χ0) is 15.5. The van der Waals surface area contributed by atoms with Gasteiger partial charge in [-0.05, 0) is 35.7 Å². The van der Waals surface area contributed by atoms with Gasteiger partial charge in [0.2, 0.25) is 10.0 Å². The molecule has 0 atom stereocenters. The fraction of sp³-hybridized carbons (Fsp3) is 0.200. The average molecular weight is 306 g/mol. The van der Waals surface area contributed by atoms with Gasteiger partial charge in [-0.3, -0.25) is 0 Å². The largest absolute Gasteiger partial charge is 0.506 e. The number of sulfonamides is 1. The summed E-state index contributed by atoms with van der Waals surface area (Å²) in [4.78, 5) is 0.0341. The zero-order valence-electron chi connectivity index (χ0n) is 11.7. The minimum atomic E-state index is -3.66. The highest BCUT2D eigenvalue weighted by Crippen LogP contribution is 2.23. The van der Waals surface area contributed by atoms with Gasteiger partial charge in [0.15, 0.2) is 0 Å². The maximum Gasteiger partial charge on any atom is 0.240 e. The summed E-state index contributed by atoms with van der Waals surface area (Å²) in [7, 11) is -3.66. The normalized spacial score (nSPS) is 11.5. The maximum absolute atomic E-state index is 12.2. The predicted molar refractivity (Wildman–Crippen MR) is 82.4 cm³/mol. The van der Waals surface area contributed by atoms with Gasteiger partial charge in [0.1, 0.15) is 5.75 Å². The first-order valence-corrected chi connectivity index (χ1v) is 8.07. The number of aryl methyl sites for hydroxylation is 1. The number of phenolic OH excluding ortho intramolecular Hbond substituents is 1. The van der Waals surface area contributed by atoms with E-state index in [1.54, 1.807) is 0 Å². The first-order valence-electron chi connectivity index (χ1n) is 6.59. The molecule has 2 rings (SSSR count). The molecule has 2 aromatic rings. The molecule has 21 heavy (non-hydrogen) atoms. The Hall–Kier alpha value is -2.05. The number of benzene rings is 2. The summed E-state index contributed by atoms with van der Waals surface area (Å²) in [6, 6.07) is 11.5. The standard InChI is InChI=1S/C15H18N2O3S/c1-2-11-5-3-4-6-12(11)10-17-21(19,20)13-7-8-15(18)14(16)9-13/h3-9,17-18H,2,10,16H2,1H3. The number of anilines is 1. The Kier molecular flexibility index (Phi) is 4.50. The van der Waals surface area contributed by atoms with Crippen LogP contribution < -0.4 is 10.5 Å². The van der Waals surface area contributed by atoms with Crippen molar-refractivity contribution in [1.82, 2.24) is 4.72 Å². The van der Waals surface area contributed by atoms with Crippen molar-refractivity contribution >= 4 is 15.7 Å². The SMILES string of the molecule is CCc1ccccc1CNS(=O)(=O)c1ccc(O)c(N)c1. The molecule has 5 nitrogen and oxygen atoms in total. The lowest BCUT2D eigenvalue weighted by atomic mass is 10.1. The number of nitrogens with one attached hydrogen (secondary N) is 1. The Bertz CT molecular complexity index is 742. The van der Waals surface area contributed by atoms with Crippen LogP contribution in [0, 0.1) is 0 Å². The molecule has 0 fully saturated rings. The Balaban J connectivity index is 2.20. The second-order valence-corrected chi connectivity index (χ2v) is 6.43.